The van der Waals surface area contributed by atoms with Crippen molar-refractivity contribution in [2.75, 3.05) is 62.8 Å². The number of sulfonamides is 1. The molecule has 2 fully saturated rings. The minimum Gasteiger partial charge on any atom is -0.492 e. The van der Waals surface area contributed by atoms with Gasteiger partial charge < -0.3 is 15.4 Å². The van der Waals surface area contributed by atoms with E-state index in [-0.39, 0.29) is 0 Å². The number of aryl methyl sites for hydroxylation is 1. The third kappa shape index (κ3) is 4.72. The topological polar surface area (TPSA) is 79.1 Å². The lowest BCUT2D eigenvalue weighted by Gasteiger charge is -2.43. The van der Waals surface area contributed by atoms with E-state index in [1.807, 2.05) is 6.92 Å². The standard InChI is InChI=1S/C20H34N4O3S/c1-4-16-14-18(21)20(27-5-2)15-19(16)23-8-6-17(7-9-23)22-10-12-24(13-11-22)28(3,25)26/h14-15,17H,4-13,21H2,1-3H3. The van der Waals surface area contributed by atoms with Crippen LogP contribution >= 0.6 is 0 Å². The Hall–Kier alpha value is -1.51. The highest BCUT2D eigenvalue weighted by atomic mass is 32.2. The molecule has 2 saturated heterocycles. The number of hydrogen-bond acceptors (Lipinski definition) is 6. The largest absolute Gasteiger partial charge is 0.492 e. The molecule has 8 heteroatoms. The van der Waals surface area contributed by atoms with Crippen LogP contribution in [0.15, 0.2) is 12.1 Å². The van der Waals surface area contributed by atoms with E-state index < -0.39 is 10.0 Å². The van der Waals surface area contributed by atoms with Crippen molar-refractivity contribution >= 4 is 21.4 Å². The van der Waals surface area contributed by atoms with Crippen molar-refractivity contribution < 1.29 is 13.2 Å². The molecule has 0 atom stereocenters. The molecule has 3 rings (SSSR count). The first kappa shape index (κ1) is 21.2. The van der Waals surface area contributed by atoms with Crippen LogP contribution < -0.4 is 15.4 Å². The Bertz CT molecular complexity index is 768. The number of rotatable bonds is 6. The van der Waals surface area contributed by atoms with Crippen molar-refractivity contribution in [1.29, 1.82) is 0 Å². The zero-order valence-corrected chi connectivity index (χ0v) is 18.2. The highest BCUT2D eigenvalue weighted by Crippen LogP contribution is 2.34. The summed E-state index contributed by atoms with van der Waals surface area (Å²) in [6.07, 6.45) is 4.43. The average Bonchev–Trinajstić information content (AvgIpc) is 2.69. The molecule has 2 aliphatic heterocycles. The quantitative estimate of drug-likeness (QED) is 0.720. The van der Waals surface area contributed by atoms with E-state index in [2.05, 4.69) is 28.9 Å². The molecule has 1 aromatic carbocycles. The summed E-state index contributed by atoms with van der Waals surface area (Å²) in [5.41, 5.74) is 9.36. The summed E-state index contributed by atoms with van der Waals surface area (Å²) in [7, 11) is -3.07. The summed E-state index contributed by atoms with van der Waals surface area (Å²) in [5.74, 6) is 0.772. The van der Waals surface area contributed by atoms with Gasteiger partial charge in [0.25, 0.3) is 0 Å². The first-order valence-corrected chi connectivity index (χ1v) is 12.2. The van der Waals surface area contributed by atoms with Crippen LogP contribution in [0.25, 0.3) is 0 Å². The predicted octanol–water partition coefficient (Wildman–Crippen LogP) is 1.78. The van der Waals surface area contributed by atoms with Gasteiger partial charge in [-0.25, -0.2) is 8.42 Å². The molecule has 0 aliphatic carbocycles. The second kappa shape index (κ2) is 8.88. The van der Waals surface area contributed by atoms with E-state index in [1.165, 1.54) is 17.5 Å². The van der Waals surface area contributed by atoms with E-state index in [0.717, 1.165) is 51.2 Å². The second-order valence-electron chi connectivity index (χ2n) is 7.72. The van der Waals surface area contributed by atoms with E-state index in [4.69, 9.17) is 10.5 Å². The molecule has 0 amide bonds. The van der Waals surface area contributed by atoms with Crippen LogP contribution in [0.4, 0.5) is 11.4 Å². The van der Waals surface area contributed by atoms with E-state index in [1.54, 1.807) is 4.31 Å². The Morgan fingerprint density at radius 2 is 1.71 bits per heavy atom. The van der Waals surface area contributed by atoms with Gasteiger partial charge in [0, 0.05) is 57.1 Å². The summed E-state index contributed by atoms with van der Waals surface area (Å²) < 4.78 is 30.7. The van der Waals surface area contributed by atoms with Crippen molar-refractivity contribution in [3.63, 3.8) is 0 Å². The number of benzene rings is 1. The fourth-order valence-corrected chi connectivity index (χ4v) is 5.19. The van der Waals surface area contributed by atoms with Crippen LogP contribution in [-0.4, -0.2) is 75.8 Å². The normalized spacial score (nSPS) is 20.5. The van der Waals surface area contributed by atoms with Gasteiger partial charge in [-0.2, -0.15) is 4.31 Å². The molecule has 0 saturated carbocycles. The fourth-order valence-electron chi connectivity index (χ4n) is 4.36. The molecule has 0 spiro atoms. The van der Waals surface area contributed by atoms with Crippen molar-refractivity contribution in [1.82, 2.24) is 9.21 Å². The third-order valence-corrected chi connectivity index (χ3v) is 7.26. The van der Waals surface area contributed by atoms with Crippen LogP contribution in [0, 0.1) is 0 Å². The van der Waals surface area contributed by atoms with Crippen LogP contribution in [0.2, 0.25) is 0 Å². The maximum absolute atomic E-state index is 11.7. The smallest absolute Gasteiger partial charge is 0.211 e. The lowest BCUT2D eigenvalue weighted by atomic mass is 9.99. The maximum atomic E-state index is 11.7. The molecule has 0 bridgehead atoms. The Kier molecular flexibility index (Phi) is 6.73. The number of piperazine rings is 1. The number of hydrogen-bond donors (Lipinski definition) is 1. The molecule has 0 aromatic heterocycles. The first-order chi connectivity index (χ1) is 13.3. The number of nitrogen functional groups attached to an aromatic ring is 1. The number of nitrogens with two attached hydrogens (primary N) is 1. The van der Waals surface area contributed by atoms with Gasteiger partial charge in [0.05, 0.1) is 18.6 Å². The van der Waals surface area contributed by atoms with Crippen molar-refractivity contribution in [3.05, 3.63) is 17.7 Å². The molecule has 7 nitrogen and oxygen atoms in total. The summed E-state index contributed by atoms with van der Waals surface area (Å²) in [6.45, 7) is 9.61. The Morgan fingerprint density at radius 3 is 2.25 bits per heavy atom. The average molecular weight is 411 g/mol. The van der Waals surface area contributed by atoms with Crippen LogP contribution in [0.1, 0.15) is 32.3 Å². The second-order valence-corrected chi connectivity index (χ2v) is 9.70. The van der Waals surface area contributed by atoms with Crippen molar-refractivity contribution in [2.24, 2.45) is 0 Å². The summed E-state index contributed by atoms with van der Waals surface area (Å²) in [6, 6.07) is 4.68. The van der Waals surface area contributed by atoms with Crippen molar-refractivity contribution in [3.8, 4) is 5.75 Å². The molecule has 2 aliphatic rings. The summed E-state index contributed by atoms with van der Waals surface area (Å²) in [5, 5.41) is 0. The lowest BCUT2D eigenvalue weighted by molar-refractivity contribution is 0.120. The highest BCUT2D eigenvalue weighted by Gasteiger charge is 2.30. The molecule has 28 heavy (non-hydrogen) atoms. The SMILES string of the molecule is CCOc1cc(N2CCC(N3CCN(S(C)(=O)=O)CC3)CC2)c(CC)cc1N. The number of piperidine rings is 1. The molecule has 1 aromatic rings. The fraction of sp³-hybridized carbons (Fsp3) is 0.700. The first-order valence-electron chi connectivity index (χ1n) is 10.3. The highest BCUT2D eigenvalue weighted by molar-refractivity contribution is 7.88. The predicted molar refractivity (Wildman–Crippen MR) is 115 cm³/mol. The zero-order valence-electron chi connectivity index (χ0n) is 17.4. The van der Waals surface area contributed by atoms with Crippen LogP contribution in [0.5, 0.6) is 5.75 Å². The number of nitrogens with zero attached hydrogens (tertiary/aromatic N) is 3. The monoisotopic (exact) mass is 410 g/mol. The van der Waals surface area contributed by atoms with E-state index >= 15 is 0 Å². The molecule has 158 valence electrons. The Labute approximate surface area is 169 Å². The van der Waals surface area contributed by atoms with Crippen LogP contribution in [0.3, 0.4) is 0 Å². The summed E-state index contributed by atoms with van der Waals surface area (Å²) in [4.78, 5) is 4.92. The molecule has 0 unspecified atom stereocenters. The molecular weight excluding hydrogens is 376 g/mol. The van der Waals surface area contributed by atoms with Gasteiger partial charge >= 0.3 is 0 Å². The molecule has 0 radical (unpaired) electrons. The van der Waals surface area contributed by atoms with Crippen molar-refractivity contribution in [2.45, 2.75) is 39.2 Å². The van der Waals surface area contributed by atoms with Gasteiger partial charge in [-0.05, 0) is 37.8 Å². The molecule has 2 heterocycles. The number of anilines is 2. The Morgan fingerprint density at radius 1 is 1.07 bits per heavy atom. The third-order valence-electron chi connectivity index (χ3n) is 5.96. The number of ether oxygens (including phenoxy) is 1. The lowest BCUT2D eigenvalue weighted by Crippen LogP contribution is -2.54. The molecular formula is C20H34N4O3S. The zero-order chi connectivity index (χ0) is 20.3. The van der Waals surface area contributed by atoms with Gasteiger partial charge in [-0.1, -0.05) is 6.92 Å². The molecule has 2 N–H and O–H groups in total. The van der Waals surface area contributed by atoms with Gasteiger partial charge in [-0.15, -0.1) is 0 Å². The van der Waals surface area contributed by atoms with E-state index in [9.17, 15) is 8.42 Å². The summed E-state index contributed by atoms with van der Waals surface area (Å²) >= 11 is 0. The maximum Gasteiger partial charge on any atom is 0.211 e. The van der Waals surface area contributed by atoms with E-state index in [0.29, 0.717) is 31.4 Å². The van der Waals surface area contributed by atoms with Gasteiger partial charge in [-0.3, -0.25) is 4.90 Å². The van der Waals surface area contributed by atoms with Gasteiger partial charge in [0.2, 0.25) is 10.0 Å². The Balaban J connectivity index is 1.62. The minimum atomic E-state index is -3.07. The van der Waals surface area contributed by atoms with Crippen LogP contribution in [-0.2, 0) is 16.4 Å². The van der Waals surface area contributed by atoms with Gasteiger partial charge in [0.1, 0.15) is 5.75 Å². The van der Waals surface area contributed by atoms with Gasteiger partial charge in [0.15, 0.2) is 0 Å². The minimum absolute atomic E-state index is 0.531.